The van der Waals surface area contributed by atoms with E-state index in [4.69, 9.17) is 0 Å². The van der Waals surface area contributed by atoms with E-state index in [1.807, 2.05) is 6.08 Å². The van der Waals surface area contributed by atoms with Crippen LogP contribution in [0.2, 0.25) is 0 Å². The molecule has 0 radical (unpaired) electrons. The van der Waals surface area contributed by atoms with Crippen LogP contribution in [0.5, 0.6) is 0 Å². The molecule has 0 bridgehead atoms. The number of rotatable bonds is 15. The lowest BCUT2D eigenvalue weighted by atomic mass is 10.1. The molecule has 18 heavy (non-hydrogen) atoms. The van der Waals surface area contributed by atoms with Gasteiger partial charge in [0.15, 0.2) is 0 Å². The Morgan fingerprint density at radius 3 is 1.78 bits per heavy atom. The summed E-state index contributed by atoms with van der Waals surface area (Å²) < 4.78 is 0. The molecular weight excluding hydrogens is 218 g/mol. The van der Waals surface area contributed by atoms with Crippen LogP contribution in [0.4, 0.5) is 0 Å². The van der Waals surface area contributed by atoms with Crippen molar-refractivity contribution < 1.29 is 0 Å². The normalized spacial score (nSPS) is 10.7. The average Bonchev–Trinajstić information content (AvgIpc) is 2.39. The summed E-state index contributed by atoms with van der Waals surface area (Å²) in [5.74, 6) is 0. The van der Waals surface area contributed by atoms with Gasteiger partial charge in [-0.05, 0) is 38.8 Å². The fourth-order valence-electron chi connectivity index (χ4n) is 2.22. The number of hydrogen-bond acceptors (Lipinski definition) is 1. The van der Waals surface area contributed by atoms with E-state index in [1.54, 1.807) is 0 Å². The molecule has 1 nitrogen and oxygen atoms in total. The lowest BCUT2D eigenvalue weighted by Crippen LogP contribution is -2.16. The number of allylic oxidation sites excluding steroid dienone is 1. The summed E-state index contributed by atoms with van der Waals surface area (Å²) in [6, 6.07) is 0. The average molecular weight is 253 g/mol. The molecule has 0 saturated heterocycles. The molecule has 0 fully saturated rings. The van der Waals surface area contributed by atoms with Crippen molar-refractivity contribution in [3.8, 4) is 0 Å². The summed E-state index contributed by atoms with van der Waals surface area (Å²) in [5.41, 5.74) is 0. The first kappa shape index (κ1) is 17.7. The van der Waals surface area contributed by atoms with Crippen LogP contribution in [-0.4, -0.2) is 13.1 Å². The Balaban J connectivity index is 2.88. The van der Waals surface area contributed by atoms with Crippen LogP contribution >= 0.6 is 0 Å². The van der Waals surface area contributed by atoms with E-state index in [0.717, 1.165) is 0 Å². The van der Waals surface area contributed by atoms with Crippen molar-refractivity contribution in [2.75, 3.05) is 13.1 Å². The van der Waals surface area contributed by atoms with Crippen LogP contribution in [0, 0.1) is 0 Å². The molecule has 0 atom stereocenters. The van der Waals surface area contributed by atoms with Crippen molar-refractivity contribution in [1.82, 2.24) is 5.32 Å². The van der Waals surface area contributed by atoms with Crippen molar-refractivity contribution in [2.45, 2.75) is 84.0 Å². The predicted octanol–water partition coefficient (Wildman–Crippen LogP) is 5.46. The highest BCUT2D eigenvalue weighted by atomic mass is 14.8. The molecule has 108 valence electrons. The molecule has 0 aromatic rings. The zero-order valence-electron chi connectivity index (χ0n) is 12.7. The first-order valence-corrected chi connectivity index (χ1v) is 8.23. The van der Waals surface area contributed by atoms with E-state index < -0.39 is 0 Å². The second-order valence-corrected chi connectivity index (χ2v) is 5.36. The Morgan fingerprint density at radius 1 is 0.722 bits per heavy atom. The molecule has 0 heterocycles. The van der Waals surface area contributed by atoms with E-state index >= 15 is 0 Å². The second kappa shape index (κ2) is 16.7. The first-order valence-electron chi connectivity index (χ1n) is 8.23. The second-order valence-electron chi connectivity index (χ2n) is 5.36. The quantitative estimate of drug-likeness (QED) is 0.302. The van der Waals surface area contributed by atoms with E-state index in [9.17, 15) is 0 Å². The topological polar surface area (TPSA) is 12.0 Å². The minimum Gasteiger partial charge on any atom is -0.317 e. The summed E-state index contributed by atoms with van der Waals surface area (Å²) in [7, 11) is 0. The standard InChI is InChI=1S/C17H35N/c1-3-5-7-9-11-13-15-17-18-16-14-12-10-8-6-4-2/h3,18H,1,4-17H2,2H3. The molecule has 0 unspecified atom stereocenters. The van der Waals surface area contributed by atoms with Gasteiger partial charge >= 0.3 is 0 Å². The third kappa shape index (κ3) is 15.7. The summed E-state index contributed by atoms with van der Waals surface area (Å²) in [6.07, 6.45) is 18.5. The third-order valence-electron chi connectivity index (χ3n) is 3.47. The monoisotopic (exact) mass is 253 g/mol. The van der Waals surface area contributed by atoms with Gasteiger partial charge in [-0.2, -0.15) is 0 Å². The fourth-order valence-corrected chi connectivity index (χ4v) is 2.22. The van der Waals surface area contributed by atoms with Crippen LogP contribution in [-0.2, 0) is 0 Å². The molecular formula is C17H35N. The fraction of sp³-hybridized carbons (Fsp3) is 0.882. The molecule has 0 aliphatic rings. The molecule has 0 saturated carbocycles. The Labute approximate surface area is 115 Å². The summed E-state index contributed by atoms with van der Waals surface area (Å²) in [5, 5.41) is 3.56. The van der Waals surface area contributed by atoms with Gasteiger partial charge in [-0.1, -0.05) is 64.4 Å². The van der Waals surface area contributed by atoms with Crippen molar-refractivity contribution in [3.05, 3.63) is 12.7 Å². The van der Waals surface area contributed by atoms with Gasteiger partial charge in [-0.15, -0.1) is 6.58 Å². The number of unbranched alkanes of at least 4 members (excludes halogenated alkanes) is 10. The molecule has 0 aliphatic heterocycles. The summed E-state index contributed by atoms with van der Waals surface area (Å²) in [6.45, 7) is 8.47. The Hall–Kier alpha value is -0.300. The number of nitrogens with one attached hydrogen (secondary N) is 1. The smallest absolute Gasteiger partial charge is 0.00489 e. The van der Waals surface area contributed by atoms with Crippen LogP contribution in [0.15, 0.2) is 12.7 Å². The molecule has 1 heteroatoms. The van der Waals surface area contributed by atoms with Gasteiger partial charge in [0.25, 0.3) is 0 Å². The summed E-state index contributed by atoms with van der Waals surface area (Å²) in [4.78, 5) is 0. The molecule has 0 aliphatic carbocycles. The molecule has 1 N–H and O–H groups in total. The molecule has 0 aromatic heterocycles. The lowest BCUT2D eigenvalue weighted by Gasteiger charge is -2.04. The van der Waals surface area contributed by atoms with Gasteiger partial charge < -0.3 is 5.32 Å². The van der Waals surface area contributed by atoms with Gasteiger partial charge in [0.05, 0.1) is 0 Å². The van der Waals surface area contributed by atoms with E-state index in [2.05, 4.69) is 18.8 Å². The van der Waals surface area contributed by atoms with Gasteiger partial charge in [0.2, 0.25) is 0 Å². The number of hydrogen-bond donors (Lipinski definition) is 1. The van der Waals surface area contributed by atoms with Crippen LogP contribution in [0.1, 0.15) is 84.0 Å². The maximum atomic E-state index is 3.75. The van der Waals surface area contributed by atoms with Crippen molar-refractivity contribution in [1.29, 1.82) is 0 Å². The zero-order chi connectivity index (χ0) is 13.3. The third-order valence-corrected chi connectivity index (χ3v) is 3.47. The van der Waals surface area contributed by atoms with Gasteiger partial charge in [-0.3, -0.25) is 0 Å². The summed E-state index contributed by atoms with van der Waals surface area (Å²) >= 11 is 0. The van der Waals surface area contributed by atoms with Gasteiger partial charge in [-0.25, -0.2) is 0 Å². The highest BCUT2D eigenvalue weighted by Gasteiger charge is 1.92. The van der Waals surface area contributed by atoms with Crippen molar-refractivity contribution >= 4 is 0 Å². The maximum Gasteiger partial charge on any atom is -0.00489 e. The molecule has 0 rings (SSSR count). The molecule has 0 amide bonds. The van der Waals surface area contributed by atoms with E-state index in [0.29, 0.717) is 0 Å². The minimum atomic E-state index is 1.19. The lowest BCUT2D eigenvalue weighted by molar-refractivity contribution is 0.545. The maximum absolute atomic E-state index is 3.75. The highest BCUT2D eigenvalue weighted by molar-refractivity contribution is 4.65. The Kier molecular flexibility index (Phi) is 16.4. The Bertz CT molecular complexity index is 154. The predicted molar refractivity (Wildman–Crippen MR) is 84.1 cm³/mol. The largest absolute Gasteiger partial charge is 0.317 e. The van der Waals surface area contributed by atoms with Crippen LogP contribution in [0.25, 0.3) is 0 Å². The zero-order valence-corrected chi connectivity index (χ0v) is 12.7. The van der Waals surface area contributed by atoms with E-state index in [-0.39, 0.29) is 0 Å². The first-order chi connectivity index (χ1) is 8.91. The SMILES string of the molecule is C=CCCCCCCCNCCCCCCCC. The highest BCUT2D eigenvalue weighted by Crippen LogP contribution is 2.05. The van der Waals surface area contributed by atoms with Crippen molar-refractivity contribution in [3.63, 3.8) is 0 Å². The van der Waals surface area contributed by atoms with Crippen molar-refractivity contribution in [2.24, 2.45) is 0 Å². The molecule has 0 aromatic carbocycles. The molecule has 0 spiro atoms. The minimum absolute atomic E-state index is 1.19. The van der Waals surface area contributed by atoms with Gasteiger partial charge in [0, 0.05) is 0 Å². The Morgan fingerprint density at radius 2 is 1.22 bits per heavy atom. The van der Waals surface area contributed by atoms with Crippen LogP contribution in [0.3, 0.4) is 0 Å². The van der Waals surface area contributed by atoms with Gasteiger partial charge in [0.1, 0.15) is 0 Å². The van der Waals surface area contributed by atoms with E-state index in [1.165, 1.54) is 90.1 Å². The van der Waals surface area contributed by atoms with Crippen LogP contribution < -0.4 is 5.32 Å².